The highest BCUT2D eigenvalue weighted by Gasteiger charge is 2.01. The van der Waals surface area contributed by atoms with Crippen LogP contribution in [0.25, 0.3) is 0 Å². The maximum Gasteiger partial charge on any atom is 0.264 e. The second-order valence-corrected chi connectivity index (χ2v) is 4.23. The number of unbranched alkanes of at least 4 members (excludes halogenated alkanes) is 1. The molecule has 0 atom stereocenters. The Morgan fingerprint density at radius 2 is 2.25 bits per heavy atom. The lowest BCUT2D eigenvalue weighted by atomic mass is 10.2. The van der Waals surface area contributed by atoms with Crippen LogP contribution >= 0.6 is 15.9 Å². The third-order valence-corrected chi connectivity index (χ3v) is 2.79. The van der Waals surface area contributed by atoms with E-state index in [1.54, 1.807) is 22.9 Å². The Morgan fingerprint density at radius 1 is 1.50 bits per heavy atom. The number of hydrogen-bond acceptors (Lipinski definition) is 3. The fraction of sp³-hybridized carbons (Fsp3) is 0.400. The highest BCUT2D eigenvalue weighted by atomic mass is 79.9. The molecule has 88 valence electrons. The number of halogens is 1. The predicted octanol–water partition coefficient (Wildman–Crippen LogP) is 0.771. The average molecular weight is 288 g/mol. The molecule has 0 unspecified atom stereocenters. The number of carbonyl (C=O) groups is 1. The Bertz CT molecular complexity index is 417. The van der Waals surface area contributed by atoms with Crippen molar-refractivity contribution < 1.29 is 4.79 Å². The molecule has 5 nitrogen and oxygen atoms in total. The standard InChI is InChI=1S/C10H14BrN3O2/c11-8-4-3-7-14(10(8)16)6-2-1-5-9(15)13-12/h3-4,7H,1-2,5-6,12H2,(H,13,15). The smallest absolute Gasteiger partial charge is 0.264 e. The monoisotopic (exact) mass is 287 g/mol. The van der Waals surface area contributed by atoms with Crippen LogP contribution < -0.4 is 16.8 Å². The molecule has 0 aliphatic rings. The van der Waals surface area contributed by atoms with Crippen LogP contribution in [0.4, 0.5) is 0 Å². The van der Waals surface area contributed by atoms with Gasteiger partial charge in [-0.3, -0.25) is 15.0 Å². The van der Waals surface area contributed by atoms with Crippen molar-refractivity contribution in [2.75, 3.05) is 0 Å². The highest BCUT2D eigenvalue weighted by molar-refractivity contribution is 9.10. The van der Waals surface area contributed by atoms with Crippen LogP contribution in [0.3, 0.4) is 0 Å². The van der Waals surface area contributed by atoms with Gasteiger partial charge in [0.05, 0.1) is 4.47 Å². The number of nitrogens with two attached hydrogens (primary N) is 1. The van der Waals surface area contributed by atoms with E-state index in [1.165, 1.54) is 0 Å². The minimum absolute atomic E-state index is 0.0502. The summed E-state index contributed by atoms with van der Waals surface area (Å²) in [7, 11) is 0. The summed E-state index contributed by atoms with van der Waals surface area (Å²) in [6, 6.07) is 3.51. The Kier molecular flexibility index (Phi) is 5.21. The third kappa shape index (κ3) is 3.79. The van der Waals surface area contributed by atoms with Gasteiger partial charge in [0.25, 0.3) is 5.56 Å². The SMILES string of the molecule is NNC(=O)CCCCn1cccc(Br)c1=O. The first kappa shape index (κ1) is 12.9. The van der Waals surface area contributed by atoms with Crippen LogP contribution in [-0.2, 0) is 11.3 Å². The molecular formula is C10H14BrN3O2. The fourth-order valence-corrected chi connectivity index (χ4v) is 1.70. The number of rotatable bonds is 5. The molecule has 16 heavy (non-hydrogen) atoms. The molecule has 0 saturated carbocycles. The Morgan fingerprint density at radius 3 is 2.94 bits per heavy atom. The molecule has 3 N–H and O–H groups in total. The number of hydrogen-bond donors (Lipinski definition) is 2. The number of aryl methyl sites for hydroxylation is 1. The summed E-state index contributed by atoms with van der Waals surface area (Å²) in [5.41, 5.74) is 2.02. The predicted molar refractivity (Wildman–Crippen MR) is 64.6 cm³/mol. The van der Waals surface area contributed by atoms with Gasteiger partial charge in [0.1, 0.15) is 0 Å². The van der Waals surface area contributed by atoms with E-state index in [4.69, 9.17) is 5.84 Å². The minimum Gasteiger partial charge on any atom is -0.315 e. The summed E-state index contributed by atoms with van der Waals surface area (Å²) in [6.07, 6.45) is 3.60. The van der Waals surface area contributed by atoms with E-state index in [1.807, 2.05) is 0 Å². The van der Waals surface area contributed by atoms with Crippen molar-refractivity contribution in [3.63, 3.8) is 0 Å². The summed E-state index contributed by atoms with van der Waals surface area (Å²) in [6.45, 7) is 0.607. The van der Waals surface area contributed by atoms with Crippen molar-refractivity contribution in [1.29, 1.82) is 0 Å². The number of nitrogens with one attached hydrogen (secondary N) is 1. The first-order valence-corrected chi connectivity index (χ1v) is 5.79. The molecule has 0 spiro atoms. The van der Waals surface area contributed by atoms with E-state index in [0.717, 1.165) is 6.42 Å². The zero-order valence-corrected chi connectivity index (χ0v) is 10.4. The molecule has 6 heteroatoms. The minimum atomic E-state index is -0.179. The average Bonchev–Trinajstić information content (AvgIpc) is 2.29. The number of carbonyl (C=O) groups excluding carboxylic acids is 1. The normalized spacial score (nSPS) is 10.1. The molecule has 0 aliphatic heterocycles. The Balaban J connectivity index is 2.41. The van der Waals surface area contributed by atoms with Gasteiger partial charge in [0.2, 0.25) is 5.91 Å². The summed E-state index contributed by atoms with van der Waals surface area (Å²) in [4.78, 5) is 22.4. The van der Waals surface area contributed by atoms with Gasteiger partial charge in [-0.05, 0) is 40.9 Å². The molecule has 0 saturated heterocycles. The highest BCUT2D eigenvalue weighted by Crippen LogP contribution is 2.02. The van der Waals surface area contributed by atoms with Crippen molar-refractivity contribution in [1.82, 2.24) is 9.99 Å². The molecule has 0 fully saturated rings. The molecule has 0 radical (unpaired) electrons. The van der Waals surface area contributed by atoms with E-state index in [-0.39, 0.29) is 11.5 Å². The fourth-order valence-electron chi connectivity index (χ4n) is 1.32. The number of hydrazine groups is 1. The lowest BCUT2D eigenvalue weighted by Gasteiger charge is -2.05. The molecular weight excluding hydrogens is 274 g/mol. The summed E-state index contributed by atoms with van der Waals surface area (Å²) >= 11 is 3.18. The molecule has 0 aromatic carbocycles. The maximum atomic E-state index is 11.6. The number of aromatic nitrogens is 1. The first-order chi connectivity index (χ1) is 7.65. The Labute approximate surface area is 102 Å². The first-order valence-electron chi connectivity index (χ1n) is 4.99. The molecule has 1 rings (SSSR count). The number of nitrogens with zero attached hydrogens (tertiary/aromatic N) is 1. The van der Waals surface area contributed by atoms with E-state index in [9.17, 15) is 9.59 Å². The second-order valence-electron chi connectivity index (χ2n) is 3.38. The lowest BCUT2D eigenvalue weighted by molar-refractivity contribution is -0.121. The topological polar surface area (TPSA) is 77.1 Å². The van der Waals surface area contributed by atoms with Gasteiger partial charge in [0, 0.05) is 19.2 Å². The quantitative estimate of drug-likeness (QED) is 0.363. The van der Waals surface area contributed by atoms with Crippen molar-refractivity contribution in [3.8, 4) is 0 Å². The number of amides is 1. The van der Waals surface area contributed by atoms with Gasteiger partial charge in [-0.25, -0.2) is 5.84 Å². The Hall–Kier alpha value is -1.14. The molecule has 0 aliphatic carbocycles. The third-order valence-electron chi connectivity index (χ3n) is 2.19. The zero-order valence-electron chi connectivity index (χ0n) is 8.78. The molecule has 1 aromatic heterocycles. The van der Waals surface area contributed by atoms with Gasteiger partial charge < -0.3 is 4.57 Å². The molecule has 0 bridgehead atoms. The number of pyridine rings is 1. The molecule has 1 amide bonds. The summed E-state index contributed by atoms with van der Waals surface area (Å²) < 4.78 is 2.17. The maximum absolute atomic E-state index is 11.6. The van der Waals surface area contributed by atoms with Gasteiger partial charge in [-0.2, -0.15) is 0 Å². The van der Waals surface area contributed by atoms with Gasteiger partial charge in [-0.15, -0.1) is 0 Å². The van der Waals surface area contributed by atoms with E-state index in [0.29, 0.717) is 23.9 Å². The largest absolute Gasteiger partial charge is 0.315 e. The van der Waals surface area contributed by atoms with E-state index >= 15 is 0 Å². The van der Waals surface area contributed by atoms with E-state index in [2.05, 4.69) is 21.4 Å². The second kappa shape index (κ2) is 6.44. The van der Waals surface area contributed by atoms with Crippen molar-refractivity contribution in [2.24, 2.45) is 5.84 Å². The van der Waals surface area contributed by atoms with Gasteiger partial charge in [0.15, 0.2) is 0 Å². The van der Waals surface area contributed by atoms with Crippen molar-refractivity contribution in [3.05, 3.63) is 33.2 Å². The lowest BCUT2D eigenvalue weighted by Crippen LogP contribution is -2.29. The van der Waals surface area contributed by atoms with Crippen molar-refractivity contribution in [2.45, 2.75) is 25.8 Å². The van der Waals surface area contributed by atoms with Crippen LogP contribution in [0.5, 0.6) is 0 Å². The summed E-state index contributed by atoms with van der Waals surface area (Å²) in [5.74, 6) is 4.77. The van der Waals surface area contributed by atoms with Crippen LogP contribution in [0.1, 0.15) is 19.3 Å². The van der Waals surface area contributed by atoms with Crippen LogP contribution in [-0.4, -0.2) is 10.5 Å². The van der Waals surface area contributed by atoms with Gasteiger partial charge in [-0.1, -0.05) is 0 Å². The molecule has 1 aromatic rings. The van der Waals surface area contributed by atoms with Crippen LogP contribution in [0.15, 0.2) is 27.6 Å². The van der Waals surface area contributed by atoms with Crippen LogP contribution in [0, 0.1) is 0 Å². The molecule has 1 heterocycles. The van der Waals surface area contributed by atoms with E-state index < -0.39 is 0 Å². The zero-order chi connectivity index (χ0) is 12.0. The summed E-state index contributed by atoms with van der Waals surface area (Å²) in [5, 5.41) is 0. The van der Waals surface area contributed by atoms with Crippen molar-refractivity contribution >= 4 is 21.8 Å². The van der Waals surface area contributed by atoms with Gasteiger partial charge >= 0.3 is 0 Å². The van der Waals surface area contributed by atoms with Crippen LogP contribution in [0.2, 0.25) is 0 Å².